The van der Waals surface area contributed by atoms with Crippen LogP contribution >= 0.6 is 9.24 Å². The van der Waals surface area contributed by atoms with Gasteiger partial charge in [0.15, 0.2) is 0 Å². The average molecular weight is 290 g/mol. The lowest BCUT2D eigenvalue weighted by Gasteiger charge is -2.03. The maximum Gasteiger partial charge on any atom is 0.0273 e. The lowest BCUT2D eigenvalue weighted by Crippen LogP contribution is -2.04. The summed E-state index contributed by atoms with van der Waals surface area (Å²) in [5, 5.41) is 3.13. The molecule has 0 amide bonds. The number of pyridine rings is 1. The van der Waals surface area contributed by atoms with Gasteiger partial charge in [0.25, 0.3) is 0 Å². The number of rotatable bonds is 3. The fraction of sp³-hybridized carbons (Fsp3) is 0.353. The van der Waals surface area contributed by atoms with Crippen molar-refractivity contribution in [3.8, 4) is 11.1 Å². The quantitative estimate of drug-likeness (QED) is 0.849. The normalized spacial score (nSPS) is 8.85. The van der Waals surface area contributed by atoms with Gasteiger partial charge in [0.05, 0.1) is 0 Å². The number of benzene rings is 1. The summed E-state index contributed by atoms with van der Waals surface area (Å²) < 4.78 is 0. The van der Waals surface area contributed by atoms with Crippen molar-refractivity contribution in [2.24, 2.45) is 0 Å². The Balaban J connectivity index is 0.000000641. The van der Waals surface area contributed by atoms with Crippen molar-refractivity contribution >= 4 is 9.24 Å². The minimum absolute atomic E-state index is 0.913. The van der Waals surface area contributed by atoms with Crippen LogP contribution < -0.4 is 5.32 Å². The SMILES string of the molecule is CCC.CNCc1ccc(-c2ccncc2)cc1.CP. The van der Waals surface area contributed by atoms with Gasteiger partial charge in [-0.05, 0) is 35.9 Å². The Morgan fingerprint density at radius 2 is 1.35 bits per heavy atom. The third-order valence-electron chi connectivity index (χ3n) is 2.35. The van der Waals surface area contributed by atoms with E-state index in [0.717, 1.165) is 6.54 Å². The van der Waals surface area contributed by atoms with Crippen molar-refractivity contribution in [2.45, 2.75) is 26.8 Å². The predicted octanol–water partition coefficient (Wildman–Crippen LogP) is 4.38. The van der Waals surface area contributed by atoms with E-state index in [-0.39, 0.29) is 0 Å². The topological polar surface area (TPSA) is 24.9 Å². The molecule has 1 heterocycles. The number of hydrogen-bond donors (Lipinski definition) is 1. The number of aromatic nitrogens is 1. The van der Waals surface area contributed by atoms with E-state index >= 15 is 0 Å². The van der Waals surface area contributed by atoms with Crippen molar-refractivity contribution in [1.82, 2.24) is 10.3 Å². The van der Waals surface area contributed by atoms with Crippen LogP contribution in [0.15, 0.2) is 48.8 Å². The minimum Gasteiger partial charge on any atom is -0.316 e. The zero-order valence-corrected chi connectivity index (χ0v) is 14.2. The molecule has 0 spiro atoms. The minimum atomic E-state index is 0.913. The number of nitrogens with one attached hydrogen (secondary N) is 1. The van der Waals surface area contributed by atoms with Crippen molar-refractivity contribution in [3.05, 3.63) is 54.4 Å². The maximum absolute atomic E-state index is 4.01. The van der Waals surface area contributed by atoms with Crippen molar-refractivity contribution < 1.29 is 0 Å². The first-order valence-corrected chi connectivity index (χ1v) is 8.19. The Morgan fingerprint density at radius 3 is 1.80 bits per heavy atom. The summed E-state index contributed by atoms with van der Waals surface area (Å²) in [6, 6.07) is 12.6. The molecule has 1 aromatic heterocycles. The first kappa shape index (κ1) is 18.8. The standard InChI is InChI=1S/C13H14N2.C3H8.CH5P/c1-14-10-11-2-4-12(5-3-11)13-6-8-15-9-7-13;1-3-2;1-2/h2-9,14H,10H2,1H3;3H2,1-2H3;2H2,1H3. The van der Waals surface area contributed by atoms with Crippen LogP contribution in [0.1, 0.15) is 25.8 Å². The van der Waals surface area contributed by atoms with Crippen LogP contribution in [0.4, 0.5) is 0 Å². The van der Waals surface area contributed by atoms with E-state index in [4.69, 9.17) is 0 Å². The molecule has 0 aliphatic heterocycles. The van der Waals surface area contributed by atoms with Gasteiger partial charge in [0, 0.05) is 18.9 Å². The molecule has 0 radical (unpaired) electrons. The average Bonchev–Trinajstić information content (AvgIpc) is 2.52. The molecule has 1 aromatic carbocycles. The van der Waals surface area contributed by atoms with Gasteiger partial charge >= 0.3 is 0 Å². The monoisotopic (exact) mass is 290 g/mol. The number of nitrogens with zero attached hydrogens (tertiary/aromatic N) is 1. The Labute approximate surface area is 126 Å². The van der Waals surface area contributed by atoms with E-state index in [0.29, 0.717) is 0 Å². The Kier molecular flexibility index (Phi) is 12.0. The molecular weight excluding hydrogens is 263 g/mol. The summed E-state index contributed by atoms with van der Waals surface area (Å²) in [6.45, 7) is 7.08. The van der Waals surface area contributed by atoms with Crippen LogP contribution in [0.5, 0.6) is 0 Å². The molecule has 0 fully saturated rings. The van der Waals surface area contributed by atoms with Crippen molar-refractivity contribution in [1.29, 1.82) is 0 Å². The second-order valence-corrected chi connectivity index (χ2v) is 4.17. The molecule has 2 nitrogen and oxygen atoms in total. The molecule has 1 atom stereocenters. The van der Waals surface area contributed by atoms with Crippen LogP contribution in [-0.2, 0) is 6.54 Å². The second-order valence-electron chi connectivity index (χ2n) is 4.17. The molecule has 2 aromatic rings. The fourth-order valence-electron chi connectivity index (χ4n) is 1.56. The molecule has 20 heavy (non-hydrogen) atoms. The van der Waals surface area contributed by atoms with Gasteiger partial charge in [0.2, 0.25) is 0 Å². The molecule has 0 bridgehead atoms. The molecule has 0 aliphatic rings. The molecular formula is C17H27N2P. The zero-order chi connectivity index (χ0) is 15.2. The molecule has 0 saturated heterocycles. The van der Waals surface area contributed by atoms with E-state index in [9.17, 15) is 0 Å². The molecule has 1 N–H and O–H groups in total. The Morgan fingerprint density at radius 1 is 0.900 bits per heavy atom. The van der Waals surface area contributed by atoms with Gasteiger partial charge < -0.3 is 5.32 Å². The molecule has 2 rings (SSSR count). The van der Waals surface area contributed by atoms with Crippen molar-refractivity contribution in [3.63, 3.8) is 0 Å². The van der Waals surface area contributed by atoms with E-state index < -0.39 is 0 Å². The van der Waals surface area contributed by atoms with Crippen LogP contribution in [-0.4, -0.2) is 18.7 Å². The van der Waals surface area contributed by atoms with Gasteiger partial charge in [-0.25, -0.2) is 0 Å². The van der Waals surface area contributed by atoms with Gasteiger partial charge in [-0.3, -0.25) is 4.98 Å². The highest BCUT2D eigenvalue weighted by Gasteiger charge is 1.96. The molecule has 0 saturated carbocycles. The summed E-state index contributed by atoms with van der Waals surface area (Å²) in [4.78, 5) is 4.01. The highest BCUT2D eigenvalue weighted by atomic mass is 31.0. The third-order valence-corrected chi connectivity index (χ3v) is 2.35. The molecule has 110 valence electrons. The smallest absolute Gasteiger partial charge is 0.0273 e. The summed E-state index contributed by atoms with van der Waals surface area (Å²) in [5.41, 5.74) is 3.74. The van der Waals surface area contributed by atoms with Crippen LogP contribution in [0, 0.1) is 0 Å². The summed E-state index contributed by atoms with van der Waals surface area (Å²) in [6.07, 6.45) is 4.88. The number of hydrogen-bond acceptors (Lipinski definition) is 2. The van der Waals surface area contributed by atoms with Gasteiger partial charge in [0.1, 0.15) is 0 Å². The van der Waals surface area contributed by atoms with Crippen molar-refractivity contribution in [2.75, 3.05) is 13.7 Å². The first-order chi connectivity index (χ1) is 9.81. The van der Waals surface area contributed by atoms with Gasteiger partial charge in [-0.15, -0.1) is 9.24 Å². The largest absolute Gasteiger partial charge is 0.316 e. The lowest BCUT2D eigenvalue weighted by molar-refractivity contribution is 0.818. The Hall–Kier alpha value is -1.24. The molecule has 3 heteroatoms. The fourth-order valence-corrected chi connectivity index (χ4v) is 1.56. The second kappa shape index (κ2) is 12.8. The highest BCUT2D eigenvalue weighted by molar-refractivity contribution is 7.15. The Bertz CT molecular complexity index is 427. The van der Waals surface area contributed by atoms with E-state index in [1.54, 1.807) is 0 Å². The van der Waals surface area contributed by atoms with E-state index in [1.165, 1.54) is 23.1 Å². The summed E-state index contributed by atoms with van der Waals surface area (Å²) in [7, 11) is 4.37. The zero-order valence-electron chi connectivity index (χ0n) is 13.1. The highest BCUT2D eigenvalue weighted by Crippen LogP contribution is 2.18. The summed E-state index contributed by atoms with van der Waals surface area (Å²) >= 11 is 0. The van der Waals surface area contributed by atoms with Crippen LogP contribution in [0.25, 0.3) is 11.1 Å². The van der Waals surface area contributed by atoms with Gasteiger partial charge in [-0.1, -0.05) is 51.2 Å². The first-order valence-electron chi connectivity index (χ1n) is 7.03. The molecule has 0 aliphatic carbocycles. The van der Waals surface area contributed by atoms with E-state index in [2.05, 4.69) is 57.7 Å². The molecule has 1 unspecified atom stereocenters. The van der Waals surface area contributed by atoms with E-state index in [1.807, 2.05) is 38.2 Å². The maximum atomic E-state index is 4.01. The van der Waals surface area contributed by atoms with Crippen LogP contribution in [0.2, 0.25) is 0 Å². The summed E-state index contributed by atoms with van der Waals surface area (Å²) in [5.74, 6) is 0. The van der Waals surface area contributed by atoms with Crippen LogP contribution in [0.3, 0.4) is 0 Å². The lowest BCUT2D eigenvalue weighted by atomic mass is 10.1. The third kappa shape index (κ3) is 7.37. The predicted molar refractivity (Wildman–Crippen MR) is 94.0 cm³/mol. The van der Waals surface area contributed by atoms with Gasteiger partial charge in [-0.2, -0.15) is 0 Å².